The number of aliphatic hydroxyl groups is 1. The van der Waals surface area contributed by atoms with E-state index >= 15 is 0 Å². The molecule has 0 spiro atoms. The summed E-state index contributed by atoms with van der Waals surface area (Å²) < 4.78 is 31.5. The summed E-state index contributed by atoms with van der Waals surface area (Å²) in [6, 6.07) is 29.9. The van der Waals surface area contributed by atoms with E-state index < -0.39 is 21.9 Å². The zero-order valence-corrected chi connectivity index (χ0v) is 23.8. The first-order valence-electron chi connectivity index (χ1n) is 13.1. The van der Waals surface area contributed by atoms with Gasteiger partial charge in [-0.3, -0.25) is 4.90 Å². The average molecular weight is 578 g/mol. The molecular weight excluding hydrogens is 546 g/mol. The van der Waals surface area contributed by atoms with Crippen molar-refractivity contribution in [3.8, 4) is 0 Å². The Balaban J connectivity index is 1.46. The molecule has 0 aliphatic rings. The monoisotopic (exact) mass is 577 g/mol. The zero-order valence-electron chi connectivity index (χ0n) is 22.2. The Hall–Kier alpha value is -3.49. The molecule has 0 amide bonds. The smallest absolute Gasteiger partial charge is 0.338 e. The first-order valence-corrected chi connectivity index (χ1v) is 14.9. The Labute approximate surface area is 240 Å². The van der Waals surface area contributed by atoms with Crippen LogP contribution in [0.1, 0.15) is 40.1 Å². The lowest BCUT2D eigenvalue weighted by atomic mass is 10.1. The maximum atomic E-state index is 13.2. The van der Waals surface area contributed by atoms with Gasteiger partial charge in [0.25, 0.3) is 0 Å². The Morgan fingerprint density at radius 1 is 0.875 bits per heavy atom. The van der Waals surface area contributed by atoms with Crippen LogP contribution in [0.3, 0.4) is 0 Å². The summed E-state index contributed by atoms with van der Waals surface area (Å²) in [5.41, 5.74) is 3.05. The molecule has 0 aliphatic carbocycles. The maximum absolute atomic E-state index is 13.2. The second-order valence-corrected chi connectivity index (χ2v) is 11.8. The predicted octanol–water partition coefficient (Wildman–Crippen LogP) is 6.13. The van der Waals surface area contributed by atoms with Crippen LogP contribution >= 0.6 is 11.6 Å². The number of nitrogens with zero attached hydrogens (tertiary/aromatic N) is 1. The minimum Gasteiger partial charge on any atom is -0.462 e. The van der Waals surface area contributed by atoms with Crippen LogP contribution in [0.15, 0.2) is 113 Å². The van der Waals surface area contributed by atoms with Gasteiger partial charge in [0, 0.05) is 24.7 Å². The highest BCUT2D eigenvalue weighted by Crippen LogP contribution is 2.24. The van der Waals surface area contributed by atoms with E-state index in [4.69, 9.17) is 16.3 Å². The van der Waals surface area contributed by atoms with Gasteiger partial charge in [-0.2, -0.15) is 0 Å². The molecule has 40 heavy (non-hydrogen) atoms. The molecule has 0 aliphatic heterocycles. The number of hydrogen-bond acceptors (Lipinski definition) is 6. The molecule has 1 N–H and O–H groups in total. The standard InChI is InChI=1S/C32H32ClNO5S/c1-2-39-32(36)27-11-7-13-30(21-27)40(37,38)29-16-14-24(15-17-29)18-19-34(22-25-8-4-3-5-9-25)23-31(35)26-10-6-12-28(33)20-26/h3-17,20-21,31,35H,2,18-19,22-23H2,1H3. The number of esters is 1. The van der Waals surface area contributed by atoms with E-state index in [1.165, 1.54) is 24.3 Å². The summed E-state index contributed by atoms with van der Waals surface area (Å²) in [6.45, 7) is 3.63. The Kier molecular flexibility index (Phi) is 10.1. The summed E-state index contributed by atoms with van der Waals surface area (Å²) in [5.74, 6) is -0.560. The van der Waals surface area contributed by atoms with Gasteiger partial charge in [-0.1, -0.05) is 72.3 Å². The topological polar surface area (TPSA) is 83.9 Å². The molecule has 8 heteroatoms. The molecule has 0 heterocycles. The van der Waals surface area contributed by atoms with Crippen molar-refractivity contribution < 1.29 is 23.1 Å². The molecule has 0 aromatic heterocycles. The molecule has 1 unspecified atom stereocenters. The van der Waals surface area contributed by atoms with E-state index in [9.17, 15) is 18.3 Å². The van der Waals surface area contributed by atoms with Crippen molar-refractivity contribution in [2.45, 2.75) is 35.8 Å². The average Bonchev–Trinajstić information content (AvgIpc) is 2.97. The molecule has 0 fully saturated rings. The summed E-state index contributed by atoms with van der Waals surface area (Å²) >= 11 is 6.13. The summed E-state index contributed by atoms with van der Waals surface area (Å²) in [6.07, 6.45) is -0.0476. The molecule has 4 aromatic rings. The molecule has 4 aromatic carbocycles. The van der Waals surface area contributed by atoms with E-state index in [1.807, 2.05) is 30.3 Å². The lowest BCUT2D eigenvalue weighted by Crippen LogP contribution is -2.30. The quantitative estimate of drug-likeness (QED) is 0.204. The molecule has 0 radical (unpaired) electrons. The number of carbonyl (C=O) groups excluding carboxylic acids is 1. The van der Waals surface area contributed by atoms with Gasteiger partial charge in [0.2, 0.25) is 9.84 Å². The molecule has 0 bridgehead atoms. The number of hydrogen-bond donors (Lipinski definition) is 1. The van der Waals surface area contributed by atoms with Gasteiger partial charge in [-0.25, -0.2) is 13.2 Å². The third kappa shape index (κ3) is 7.79. The number of benzene rings is 4. The van der Waals surface area contributed by atoms with Gasteiger partial charge in [0.15, 0.2) is 0 Å². The fourth-order valence-corrected chi connectivity index (χ4v) is 5.91. The summed E-state index contributed by atoms with van der Waals surface area (Å²) in [4.78, 5) is 14.4. The number of aliphatic hydroxyl groups excluding tert-OH is 1. The van der Waals surface area contributed by atoms with Crippen LogP contribution < -0.4 is 0 Å². The van der Waals surface area contributed by atoms with Crippen LogP contribution in [0.2, 0.25) is 5.02 Å². The number of halogens is 1. The largest absolute Gasteiger partial charge is 0.462 e. The first kappa shape index (κ1) is 29.5. The van der Waals surface area contributed by atoms with Crippen LogP contribution in [0.4, 0.5) is 0 Å². The molecule has 6 nitrogen and oxygen atoms in total. The highest BCUT2D eigenvalue weighted by atomic mass is 35.5. The number of sulfone groups is 1. The van der Waals surface area contributed by atoms with Gasteiger partial charge in [0.05, 0.1) is 28.1 Å². The number of carbonyl (C=O) groups is 1. The first-order chi connectivity index (χ1) is 19.3. The summed E-state index contributed by atoms with van der Waals surface area (Å²) in [5, 5.41) is 11.5. The van der Waals surface area contributed by atoms with Gasteiger partial charge in [-0.15, -0.1) is 0 Å². The number of rotatable bonds is 12. The van der Waals surface area contributed by atoms with Crippen LogP contribution in [-0.4, -0.2) is 44.1 Å². The number of ether oxygens (including phenoxy) is 1. The predicted molar refractivity (Wildman–Crippen MR) is 156 cm³/mol. The van der Waals surface area contributed by atoms with Gasteiger partial charge in [0.1, 0.15) is 0 Å². The second-order valence-electron chi connectivity index (χ2n) is 9.44. The van der Waals surface area contributed by atoms with Crippen molar-refractivity contribution in [3.05, 3.63) is 130 Å². The van der Waals surface area contributed by atoms with Crippen molar-refractivity contribution in [3.63, 3.8) is 0 Å². The maximum Gasteiger partial charge on any atom is 0.338 e. The van der Waals surface area contributed by atoms with E-state index in [0.29, 0.717) is 31.1 Å². The Morgan fingerprint density at radius 2 is 1.60 bits per heavy atom. The molecule has 1 atom stereocenters. The molecule has 4 rings (SSSR count). The molecular formula is C32H32ClNO5S. The minimum atomic E-state index is -3.81. The third-order valence-corrected chi connectivity index (χ3v) is 8.52. The molecule has 208 valence electrons. The van der Waals surface area contributed by atoms with Crippen molar-refractivity contribution in [1.29, 1.82) is 0 Å². The highest BCUT2D eigenvalue weighted by molar-refractivity contribution is 7.91. The lowest BCUT2D eigenvalue weighted by Gasteiger charge is -2.25. The van der Waals surface area contributed by atoms with Crippen LogP contribution in [0, 0.1) is 0 Å². The zero-order chi connectivity index (χ0) is 28.5. The van der Waals surface area contributed by atoms with E-state index in [2.05, 4.69) is 17.0 Å². The lowest BCUT2D eigenvalue weighted by molar-refractivity contribution is 0.0526. The van der Waals surface area contributed by atoms with Crippen LogP contribution in [-0.2, 0) is 27.5 Å². The van der Waals surface area contributed by atoms with Crippen LogP contribution in [0.25, 0.3) is 0 Å². The van der Waals surface area contributed by atoms with Gasteiger partial charge < -0.3 is 9.84 Å². The van der Waals surface area contributed by atoms with E-state index in [-0.39, 0.29) is 22.0 Å². The Bertz CT molecular complexity index is 1520. The minimum absolute atomic E-state index is 0.0369. The Morgan fingerprint density at radius 3 is 2.30 bits per heavy atom. The van der Waals surface area contributed by atoms with Crippen molar-refractivity contribution in [2.24, 2.45) is 0 Å². The van der Waals surface area contributed by atoms with Crippen molar-refractivity contribution in [1.82, 2.24) is 4.90 Å². The summed E-state index contributed by atoms with van der Waals surface area (Å²) in [7, 11) is -3.81. The van der Waals surface area contributed by atoms with E-state index in [0.717, 1.165) is 16.7 Å². The van der Waals surface area contributed by atoms with Gasteiger partial charge in [-0.05, 0) is 72.5 Å². The fourth-order valence-electron chi connectivity index (χ4n) is 4.40. The fraction of sp³-hybridized carbons (Fsp3) is 0.219. The molecule has 0 saturated heterocycles. The van der Waals surface area contributed by atoms with E-state index in [1.54, 1.807) is 43.3 Å². The van der Waals surface area contributed by atoms with Crippen molar-refractivity contribution in [2.75, 3.05) is 19.7 Å². The normalized spacial score (nSPS) is 12.3. The third-order valence-electron chi connectivity index (χ3n) is 6.52. The molecule has 0 saturated carbocycles. The van der Waals surface area contributed by atoms with Gasteiger partial charge >= 0.3 is 5.97 Å². The van der Waals surface area contributed by atoms with Crippen molar-refractivity contribution >= 4 is 27.4 Å². The van der Waals surface area contributed by atoms with Crippen LogP contribution in [0.5, 0.6) is 0 Å². The highest BCUT2D eigenvalue weighted by Gasteiger charge is 2.20. The second kappa shape index (κ2) is 13.7. The SMILES string of the molecule is CCOC(=O)c1cccc(S(=O)(=O)c2ccc(CCN(Cc3ccccc3)CC(O)c3cccc(Cl)c3)cc2)c1.